The van der Waals surface area contributed by atoms with E-state index < -0.39 is 30.0 Å². The SMILES string of the molecule is CC(C)(C)OC(=O)[C@H](CC(=O)O)N1CC(S)CC1=O. The van der Waals surface area contributed by atoms with Crippen molar-refractivity contribution in [3.05, 3.63) is 0 Å². The molecule has 0 aromatic heterocycles. The standard InChI is InChI=1S/C12H19NO5S/c1-12(2,3)18-11(17)8(5-10(15)16)13-6-7(19)4-9(13)14/h7-8,19H,4-6H2,1-3H3,(H,15,16)/t7?,8-/m0/s1. The first kappa shape index (κ1) is 15.8. The first-order chi connectivity index (χ1) is 8.60. The molecule has 0 saturated carbocycles. The summed E-state index contributed by atoms with van der Waals surface area (Å²) < 4.78 is 5.18. The van der Waals surface area contributed by atoms with E-state index in [-0.39, 0.29) is 24.1 Å². The van der Waals surface area contributed by atoms with Gasteiger partial charge in [-0.3, -0.25) is 9.59 Å². The van der Waals surface area contributed by atoms with Crippen molar-refractivity contribution in [2.45, 2.75) is 50.5 Å². The zero-order chi connectivity index (χ0) is 14.8. The average molecular weight is 289 g/mol. The molecule has 0 aliphatic carbocycles. The Morgan fingerprint density at radius 3 is 2.47 bits per heavy atom. The molecule has 0 aromatic carbocycles. The van der Waals surface area contributed by atoms with E-state index in [1.807, 2.05) is 0 Å². The highest BCUT2D eigenvalue weighted by Gasteiger charge is 2.39. The Labute approximate surface area is 117 Å². The summed E-state index contributed by atoms with van der Waals surface area (Å²) in [6.07, 6.45) is -0.247. The van der Waals surface area contributed by atoms with Crippen molar-refractivity contribution in [1.29, 1.82) is 0 Å². The van der Waals surface area contributed by atoms with E-state index in [0.29, 0.717) is 0 Å². The number of carbonyl (C=O) groups is 3. The second kappa shape index (κ2) is 5.81. The number of hydrogen-bond donors (Lipinski definition) is 2. The highest BCUT2D eigenvalue weighted by Crippen LogP contribution is 2.22. The van der Waals surface area contributed by atoms with E-state index in [9.17, 15) is 14.4 Å². The van der Waals surface area contributed by atoms with Gasteiger partial charge in [0.15, 0.2) is 0 Å². The second-order valence-electron chi connectivity index (χ2n) is 5.55. The molecule has 0 aromatic rings. The number of amides is 1. The molecule has 2 atom stereocenters. The van der Waals surface area contributed by atoms with Gasteiger partial charge in [-0.1, -0.05) is 0 Å². The predicted octanol–water partition coefficient (Wildman–Crippen LogP) is 0.702. The zero-order valence-electron chi connectivity index (χ0n) is 11.3. The lowest BCUT2D eigenvalue weighted by atomic mass is 10.1. The molecular weight excluding hydrogens is 270 g/mol. The van der Waals surface area contributed by atoms with Crippen molar-refractivity contribution in [1.82, 2.24) is 4.90 Å². The van der Waals surface area contributed by atoms with Gasteiger partial charge in [-0.05, 0) is 20.8 Å². The number of nitrogens with zero attached hydrogens (tertiary/aromatic N) is 1. The molecule has 1 amide bonds. The van der Waals surface area contributed by atoms with Crippen molar-refractivity contribution < 1.29 is 24.2 Å². The summed E-state index contributed by atoms with van der Waals surface area (Å²) in [5.74, 6) is -2.10. The molecule has 1 aliphatic rings. The van der Waals surface area contributed by atoms with Crippen LogP contribution in [-0.2, 0) is 19.1 Å². The lowest BCUT2D eigenvalue weighted by Gasteiger charge is -2.28. The Hall–Kier alpha value is -1.24. The largest absolute Gasteiger partial charge is 0.481 e. The fraction of sp³-hybridized carbons (Fsp3) is 0.750. The molecule has 0 spiro atoms. The topological polar surface area (TPSA) is 83.9 Å². The van der Waals surface area contributed by atoms with Gasteiger partial charge in [-0.2, -0.15) is 12.6 Å². The molecule has 6 nitrogen and oxygen atoms in total. The van der Waals surface area contributed by atoms with Crippen molar-refractivity contribution in [3.63, 3.8) is 0 Å². The maximum atomic E-state index is 12.0. The van der Waals surface area contributed by atoms with Crippen LogP contribution >= 0.6 is 12.6 Å². The van der Waals surface area contributed by atoms with E-state index in [1.54, 1.807) is 20.8 Å². The van der Waals surface area contributed by atoms with Gasteiger partial charge in [0.25, 0.3) is 0 Å². The van der Waals surface area contributed by atoms with Gasteiger partial charge >= 0.3 is 11.9 Å². The summed E-state index contributed by atoms with van der Waals surface area (Å²) in [6.45, 7) is 5.33. The number of esters is 1. The Morgan fingerprint density at radius 2 is 2.11 bits per heavy atom. The van der Waals surface area contributed by atoms with Crippen molar-refractivity contribution in [2.24, 2.45) is 0 Å². The molecule has 7 heteroatoms. The van der Waals surface area contributed by atoms with Crippen LogP contribution in [0.5, 0.6) is 0 Å². The number of hydrogen-bond acceptors (Lipinski definition) is 5. The molecule has 1 saturated heterocycles. The normalized spacial score (nSPS) is 21.4. The minimum absolute atomic E-state index is 0.175. The summed E-state index contributed by atoms with van der Waals surface area (Å²) in [5, 5.41) is 8.70. The van der Waals surface area contributed by atoms with E-state index >= 15 is 0 Å². The summed E-state index contributed by atoms with van der Waals surface area (Å²) >= 11 is 4.19. The number of rotatable bonds is 4. The summed E-state index contributed by atoms with van der Waals surface area (Å²) in [4.78, 5) is 35.9. The van der Waals surface area contributed by atoms with Gasteiger partial charge in [0.05, 0.1) is 6.42 Å². The summed E-state index contributed by atoms with van der Waals surface area (Å²) in [6, 6.07) is -1.08. The molecule has 0 bridgehead atoms. The summed E-state index contributed by atoms with van der Waals surface area (Å²) in [5.41, 5.74) is -0.725. The third-order valence-electron chi connectivity index (χ3n) is 2.56. The first-order valence-corrected chi connectivity index (χ1v) is 6.54. The lowest BCUT2D eigenvalue weighted by Crippen LogP contribution is -2.46. The van der Waals surface area contributed by atoms with Crippen LogP contribution in [-0.4, -0.2) is 51.3 Å². The number of ether oxygens (including phenoxy) is 1. The first-order valence-electron chi connectivity index (χ1n) is 6.02. The Bertz CT molecular complexity index is 390. The molecule has 1 heterocycles. The molecule has 0 radical (unpaired) electrons. The lowest BCUT2D eigenvalue weighted by molar-refractivity contribution is -0.166. The van der Waals surface area contributed by atoms with E-state index in [2.05, 4.69) is 12.6 Å². The van der Waals surface area contributed by atoms with Gasteiger partial charge in [0, 0.05) is 18.2 Å². The van der Waals surface area contributed by atoms with E-state index in [1.165, 1.54) is 4.90 Å². The maximum Gasteiger partial charge on any atom is 0.329 e. The molecule has 1 N–H and O–H groups in total. The molecule has 1 rings (SSSR count). The highest BCUT2D eigenvalue weighted by atomic mass is 32.1. The monoisotopic (exact) mass is 289 g/mol. The fourth-order valence-electron chi connectivity index (χ4n) is 1.87. The second-order valence-corrected chi connectivity index (χ2v) is 6.28. The molecular formula is C12H19NO5S. The Balaban J connectivity index is 2.86. The van der Waals surface area contributed by atoms with E-state index in [0.717, 1.165) is 0 Å². The van der Waals surface area contributed by atoms with Gasteiger partial charge in [0.1, 0.15) is 11.6 Å². The van der Waals surface area contributed by atoms with Crippen molar-refractivity contribution >= 4 is 30.5 Å². The molecule has 1 fully saturated rings. The van der Waals surface area contributed by atoms with Gasteiger partial charge in [-0.25, -0.2) is 4.79 Å². The molecule has 19 heavy (non-hydrogen) atoms. The third-order valence-corrected chi connectivity index (χ3v) is 2.91. The van der Waals surface area contributed by atoms with Crippen LogP contribution in [0.4, 0.5) is 0 Å². The van der Waals surface area contributed by atoms with Crippen LogP contribution in [0.3, 0.4) is 0 Å². The smallest absolute Gasteiger partial charge is 0.329 e. The van der Waals surface area contributed by atoms with Crippen LogP contribution < -0.4 is 0 Å². The molecule has 1 unspecified atom stereocenters. The minimum atomic E-state index is -1.15. The fourth-order valence-corrected chi connectivity index (χ4v) is 2.20. The number of likely N-dealkylation sites (tertiary alicyclic amines) is 1. The molecule has 108 valence electrons. The number of thiol groups is 1. The number of carbonyl (C=O) groups excluding carboxylic acids is 2. The van der Waals surface area contributed by atoms with Gasteiger partial charge in [-0.15, -0.1) is 0 Å². The van der Waals surface area contributed by atoms with Crippen LogP contribution in [0.25, 0.3) is 0 Å². The summed E-state index contributed by atoms with van der Waals surface area (Å²) in [7, 11) is 0. The Kier molecular flexibility index (Phi) is 4.84. The Morgan fingerprint density at radius 1 is 1.53 bits per heavy atom. The van der Waals surface area contributed by atoms with Crippen LogP contribution in [0.1, 0.15) is 33.6 Å². The minimum Gasteiger partial charge on any atom is -0.481 e. The van der Waals surface area contributed by atoms with Crippen molar-refractivity contribution in [2.75, 3.05) is 6.54 Å². The highest BCUT2D eigenvalue weighted by molar-refractivity contribution is 7.81. The number of carboxylic acids is 1. The van der Waals surface area contributed by atoms with Crippen LogP contribution in [0.15, 0.2) is 0 Å². The third kappa shape index (κ3) is 4.74. The zero-order valence-corrected chi connectivity index (χ0v) is 12.1. The maximum absolute atomic E-state index is 12.0. The van der Waals surface area contributed by atoms with Crippen molar-refractivity contribution in [3.8, 4) is 0 Å². The van der Waals surface area contributed by atoms with E-state index in [4.69, 9.17) is 9.84 Å². The quantitative estimate of drug-likeness (QED) is 0.588. The number of carboxylic acid groups (broad SMARTS) is 1. The van der Waals surface area contributed by atoms with Gasteiger partial charge in [0.2, 0.25) is 5.91 Å². The van der Waals surface area contributed by atoms with Gasteiger partial charge < -0.3 is 14.7 Å². The van der Waals surface area contributed by atoms with Crippen LogP contribution in [0.2, 0.25) is 0 Å². The average Bonchev–Trinajstić information content (AvgIpc) is 2.51. The van der Waals surface area contributed by atoms with Crippen LogP contribution in [0, 0.1) is 0 Å². The molecule has 1 aliphatic heterocycles. The number of aliphatic carboxylic acids is 1. The predicted molar refractivity (Wildman–Crippen MR) is 71.0 cm³/mol.